The van der Waals surface area contributed by atoms with Gasteiger partial charge in [-0.15, -0.1) is 0 Å². The first kappa shape index (κ1) is 12.4. The van der Waals surface area contributed by atoms with E-state index in [1.165, 1.54) is 0 Å². The Morgan fingerprint density at radius 1 is 1.44 bits per heavy atom. The Hall–Kier alpha value is -2.04. The van der Waals surface area contributed by atoms with Gasteiger partial charge in [0.05, 0.1) is 5.56 Å². The lowest BCUT2D eigenvalue weighted by molar-refractivity contribution is -0.124. The van der Waals surface area contributed by atoms with Crippen molar-refractivity contribution in [1.82, 2.24) is 5.32 Å². The molecule has 1 saturated carbocycles. The molecule has 3 N–H and O–H groups in total. The van der Waals surface area contributed by atoms with E-state index in [0.717, 1.165) is 18.4 Å². The molecular weight excluding hydrogens is 232 g/mol. The number of esters is 1. The maximum Gasteiger partial charge on any atom is 0.338 e. The van der Waals surface area contributed by atoms with Crippen molar-refractivity contribution in [3.05, 3.63) is 29.3 Å². The predicted octanol–water partition coefficient (Wildman–Crippen LogP) is 1.01. The molecule has 1 aliphatic carbocycles. The van der Waals surface area contributed by atoms with Gasteiger partial charge in [-0.3, -0.25) is 4.79 Å². The summed E-state index contributed by atoms with van der Waals surface area (Å²) in [6.07, 6.45) is 2.02. The molecule has 0 radical (unpaired) electrons. The number of nitrogen functional groups attached to an aromatic ring is 1. The van der Waals surface area contributed by atoms with Crippen molar-refractivity contribution in [3.8, 4) is 0 Å². The first-order chi connectivity index (χ1) is 8.56. The minimum atomic E-state index is -0.510. The predicted molar refractivity (Wildman–Crippen MR) is 67.0 cm³/mol. The number of nitrogens with two attached hydrogens (primary N) is 1. The Balaban J connectivity index is 1.86. The summed E-state index contributed by atoms with van der Waals surface area (Å²) in [5.74, 6) is -0.762. The van der Waals surface area contributed by atoms with Crippen LogP contribution in [0, 0.1) is 6.92 Å². The van der Waals surface area contributed by atoms with Crippen LogP contribution in [0.25, 0.3) is 0 Å². The molecule has 5 heteroatoms. The fourth-order valence-corrected chi connectivity index (χ4v) is 1.51. The molecule has 1 aromatic rings. The number of ether oxygens (including phenoxy) is 1. The fourth-order valence-electron chi connectivity index (χ4n) is 1.51. The van der Waals surface area contributed by atoms with E-state index >= 15 is 0 Å². The molecule has 1 aromatic carbocycles. The highest BCUT2D eigenvalue weighted by molar-refractivity contribution is 5.92. The molecule has 96 valence electrons. The molecule has 0 unspecified atom stereocenters. The molecule has 2 rings (SSSR count). The van der Waals surface area contributed by atoms with E-state index in [0.29, 0.717) is 11.3 Å². The maximum atomic E-state index is 11.7. The Morgan fingerprint density at radius 3 is 2.78 bits per heavy atom. The van der Waals surface area contributed by atoms with Crippen molar-refractivity contribution < 1.29 is 14.3 Å². The van der Waals surface area contributed by atoms with E-state index < -0.39 is 5.97 Å². The molecule has 0 bridgehead atoms. The van der Waals surface area contributed by atoms with Crippen LogP contribution in [0.3, 0.4) is 0 Å². The van der Waals surface area contributed by atoms with E-state index in [9.17, 15) is 9.59 Å². The summed E-state index contributed by atoms with van der Waals surface area (Å²) in [5, 5.41) is 2.75. The number of amides is 1. The number of rotatable bonds is 4. The summed E-state index contributed by atoms with van der Waals surface area (Å²) in [6, 6.07) is 5.16. The van der Waals surface area contributed by atoms with Gasteiger partial charge in [0.1, 0.15) is 0 Å². The summed E-state index contributed by atoms with van der Waals surface area (Å²) < 4.78 is 4.92. The second-order valence-electron chi connectivity index (χ2n) is 4.49. The van der Waals surface area contributed by atoms with Gasteiger partial charge in [-0.25, -0.2) is 4.79 Å². The lowest BCUT2D eigenvalue weighted by atomic mass is 10.1. The van der Waals surface area contributed by atoms with Gasteiger partial charge >= 0.3 is 5.97 Å². The Bertz CT molecular complexity index is 481. The molecular formula is C13H16N2O3. The standard InChI is InChI=1S/C13H16N2O3/c1-8-6-9(2-5-11(8)14)13(17)18-7-12(16)15-10-3-4-10/h2,5-6,10H,3-4,7,14H2,1H3,(H,15,16). The Kier molecular flexibility index (Phi) is 3.50. The van der Waals surface area contributed by atoms with E-state index in [2.05, 4.69) is 5.32 Å². The average molecular weight is 248 g/mol. The number of benzene rings is 1. The van der Waals surface area contributed by atoms with Crippen molar-refractivity contribution in [1.29, 1.82) is 0 Å². The van der Waals surface area contributed by atoms with Crippen LogP contribution in [0.15, 0.2) is 18.2 Å². The summed E-state index contributed by atoms with van der Waals surface area (Å²) >= 11 is 0. The number of carbonyl (C=O) groups is 2. The normalized spacial score (nSPS) is 14.1. The second kappa shape index (κ2) is 5.08. The molecule has 1 amide bonds. The van der Waals surface area contributed by atoms with Crippen LogP contribution in [0.4, 0.5) is 5.69 Å². The monoisotopic (exact) mass is 248 g/mol. The summed E-state index contributed by atoms with van der Waals surface area (Å²) in [4.78, 5) is 23.0. The van der Waals surface area contributed by atoms with Crippen molar-refractivity contribution in [2.24, 2.45) is 0 Å². The zero-order valence-electron chi connectivity index (χ0n) is 10.2. The van der Waals surface area contributed by atoms with Crippen LogP contribution >= 0.6 is 0 Å². The minimum absolute atomic E-state index is 0.237. The molecule has 0 heterocycles. The van der Waals surface area contributed by atoms with Gasteiger partial charge < -0.3 is 15.8 Å². The highest BCUT2D eigenvalue weighted by Gasteiger charge is 2.23. The average Bonchev–Trinajstić information content (AvgIpc) is 3.13. The van der Waals surface area contributed by atoms with E-state index in [4.69, 9.17) is 10.5 Å². The third-order valence-corrected chi connectivity index (χ3v) is 2.78. The zero-order valence-corrected chi connectivity index (χ0v) is 10.2. The van der Waals surface area contributed by atoms with Gasteiger partial charge in [0.2, 0.25) is 0 Å². The van der Waals surface area contributed by atoms with Crippen LogP contribution in [0.5, 0.6) is 0 Å². The zero-order chi connectivity index (χ0) is 13.1. The van der Waals surface area contributed by atoms with Crippen LogP contribution in [-0.2, 0) is 9.53 Å². The van der Waals surface area contributed by atoms with Crippen LogP contribution in [0.1, 0.15) is 28.8 Å². The molecule has 0 spiro atoms. The second-order valence-corrected chi connectivity index (χ2v) is 4.49. The molecule has 0 aliphatic heterocycles. The minimum Gasteiger partial charge on any atom is -0.452 e. The Labute approximate surface area is 105 Å². The first-order valence-corrected chi connectivity index (χ1v) is 5.89. The third-order valence-electron chi connectivity index (χ3n) is 2.78. The third kappa shape index (κ3) is 3.23. The number of aryl methyl sites for hydroxylation is 1. The van der Waals surface area contributed by atoms with Crippen molar-refractivity contribution in [3.63, 3.8) is 0 Å². The molecule has 1 aliphatic rings. The molecule has 0 atom stereocenters. The summed E-state index contributed by atoms with van der Waals surface area (Å²) in [6.45, 7) is 1.57. The Morgan fingerprint density at radius 2 is 2.17 bits per heavy atom. The summed E-state index contributed by atoms with van der Waals surface area (Å²) in [5.41, 5.74) is 7.50. The molecule has 0 aromatic heterocycles. The summed E-state index contributed by atoms with van der Waals surface area (Å²) in [7, 11) is 0. The highest BCUT2D eigenvalue weighted by Crippen LogP contribution is 2.18. The van der Waals surface area contributed by atoms with Gasteiger partial charge in [0, 0.05) is 11.7 Å². The van der Waals surface area contributed by atoms with E-state index in [1.54, 1.807) is 18.2 Å². The van der Waals surface area contributed by atoms with Crippen LogP contribution in [0.2, 0.25) is 0 Å². The van der Waals surface area contributed by atoms with Crippen LogP contribution < -0.4 is 11.1 Å². The van der Waals surface area contributed by atoms with Gasteiger partial charge in [-0.2, -0.15) is 0 Å². The molecule has 5 nitrogen and oxygen atoms in total. The lowest BCUT2D eigenvalue weighted by Gasteiger charge is -2.07. The molecule has 18 heavy (non-hydrogen) atoms. The SMILES string of the molecule is Cc1cc(C(=O)OCC(=O)NC2CC2)ccc1N. The topological polar surface area (TPSA) is 81.4 Å². The highest BCUT2D eigenvalue weighted by atomic mass is 16.5. The molecule has 0 saturated heterocycles. The number of anilines is 1. The number of carbonyl (C=O) groups excluding carboxylic acids is 2. The lowest BCUT2D eigenvalue weighted by Crippen LogP contribution is -2.30. The van der Waals surface area contributed by atoms with Crippen LogP contribution in [-0.4, -0.2) is 24.5 Å². The smallest absolute Gasteiger partial charge is 0.338 e. The number of hydrogen-bond acceptors (Lipinski definition) is 4. The van der Waals surface area contributed by atoms with Gasteiger partial charge in [-0.05, 0) is 43.5 Å². The quantitative estimate of drug-likeness (QED) is 0.615. The fraction of sp³-hybridized carbons (Fsp3) is 0.385. The van der Waals surface area contributed by atoms with Crippen molar-refractivity contribution in [2.45, 2.75) is 25.8 Å². The maximum absolute atomic E-state index is 11.7. The first-order valence-electron chi connectivity index (χ1n) is 5.89. The number of hydrogen-bond donors (Lipinski definition) is 2. The number of nitrogens with one attached hydrogen (secondary N) is 1. The van der Waals surface area contributed by atoms with E-state index in [-0.39, 0.29) is 18.6 Å². The van der Waals surface area contributed by atoms with Gasteiger partial charge in [0.15, 0.2) is 6.61 Å². The van der Waals surface area contributed by atoms with E-state index in [1.807, 2.05) is 6.92 Å². The van der Waals surface area contributed by atoms with Gasteiger partial charge in [-0.1, -0.05) is 0 Å². The molecule has 1 fully saturated rings. The van der Waals surface area contributed by atoms with Gasteiger partial charge in [0.25, 0.3) is 5.91 Å². The largest absolute Gasteiger partial charge is 0.452 e. The van der Waals surface area contributed by atoms with Crippen molar-refractivity contribution in [2.75, 3.05) is 12.3 Å². The van der Waals surface area contributed by atoms with Crippen molar-refractivity contribution >= 4 is 17.6 Å².